The van der Waals surface area contributed by atoms with Crippen LogP contribution in [0.1, 0.15) is 19.4 Å². The maximum absolute atomic E-state index is 13.6. The summed E-state index contributed by atoms with van der Waals surface area (Å²) < 4.78 is 23.6. The van der Waals surface area contributed by atoms with Crippen molar-refractivity contribution in [2.75, 3.05) is 13.7 Å². The van der Waals surface area contributed by atoms with Crippen molar-refractivity contribution < 1.29 is 23.4 Å². The predicted molar refractivity (Wildman–Crippen MR) is 144 cm³/mol. The van der Waals surface area contributed by atoms with E-state index in [1.165, 1.54) is 10.9 Å². The maximum Gasteiger partial charge on any atom is 0.347 e. The molecule has 0 aliphatic carbocycles. The molecule has 9 heteroatoms. The van der Waals surface area contributed by atoms with E-state index in [4.69, 9.17) is 23.6 Å². The Morgan fingerprint density at radius 3 is 2.63 bits per heavy atom. The molecule has 2 heterocycles. The van der Waals surface area contributed by atoms with Crippen LogP contribution in [0.5, 0.6) is 11.5 Å². The fraction of sp³-hybridized carbons (Fsp3) is 0.172. The first-order valence-electron chi connectivity index (χ1n) is 12.1. The van der Waals surface area contributed by atoms with Gasteiger partial charge in [0, 0.05) is 5.56 Å². The Morgan fingerprint density at radius 2 is 1.82 bits per heavy atom. The third-order valence-electron chi connectivity index (χ3n) is 5.87. The Hall–Kier alpha value is -4.92. The number of furan rings is 1. The SMILES string of the molecule is CCOC(=O)[C@@H](C)Oc1ccccc1C=Nn1c(-c2cc3c(OC)cccc3o2)nc2ccccc2c1=O. The molecule has 0 N–H and O–H groups in total. The molecule has 0 saturated carbocycles. The summed E-state index contributed by atoms with van der Waals surface area (Å²) in [5.41, 5.74) is 1.29. The van der Waals surface area contributed by atoms with E-state index in [2.05, 4.69) is 5.10 Å². The summed E-state index contributed by atoms with van der Waals surface area (Å²) in [6.07, 6.45) is 0.660. The first kappa shape index (κ1) is 24.8. The summed E-state index contributed by atoms with van der Waals surface area (Å²) in [5.74, 6) is 1.15. The molecule has 0 radical (unpaired) electrons. The zero-order valence-electron chi connectivity index (χ0n) is 21.1. The molecule has 3 aromatic carbocycles. The number of nitrogens with zero attached hydrogens (tertiary/aromatic N) is 3. The molecule has 0 spiro atoms. The second kappa shape index (κ2) is 10.6. The molecule has 0 bridgehead atoms. The van der Waals surface area contributed by atoms with Crippen molar-refractivity contribution in [3.05, 3.63) is 88.7 Å². The lowest BCUT2D eigenvalue weighted by molar-refractivity contribution is -0.150. The van der Waals surface area contributed by atoms with Gasteiger partial charge in [0.25, 0.3) is 5.56 Å². The molecule has 0 unspecified atom stereocenters. The standard InChI is InChI=1S/C29H25N3O6/c1-4-36-29(34)18(2)37-23-13-8-5-10-19(23)17-30-32-27(31-22-12-7-6-11-20(22)28(32)33)26-16-21-24(35-3)14-9-15-25(21)38-26/h5-18H,4H2,1-3H3/t18-/m1/s1. The van der Waals surface area contributed by atoms with E-state index in [-0.39, 0.29) is 18.0 Å². The van der Waals surface area contributed by atoms with E-state index in [9.17, 15) is 9.59 Å². The van der Waals surface area contributed by atoms with E-state index in [1.54, 1.807) is 69.5 Å². The fourth-order valence-corrected chi connectivity index (χ4v) is 4.03. The van der Waals surface area contributed by atoms with Gasteiger partial charge in [0.05, 0.1) is 36.2 Å². The fourth-order valence-electron chi connectivity index (χ4n) is 4.03. The quantitative estimate of drug-likeness (QED) is 0.212. The molecule has 192 valence electrons. The van der Waals surface area contributed by atoms with Crippen LogP contribution >= 0.6 is 0 Å². The van der Waals surface area contributed by atoms with Crippen LogP contribution in [0.2, 0.25) is 0 Å². The van der Waals surface area contributed by atoms with Crippen LogP contribution in [-0.2, 0) is 9.53 Å². The Morgan fingerprint density at radius 1 is 1.05 bits per heavy atom. The van der Waals surface area contributed by atoms with Crippen LogP contribution in [0.3, 0.4) is 0 Å². The van der Waals surface area contributed by atoms with E-state index in [1.807, 2.05) is 24.3 Å². The minimum Gasteiger partial charge on any atom is -0.496 e. The number of rotatable bonds is 8. The highest BCUT2D eigenvalue weighted by atomic mass is 16.6. The third kappa shape index (κ3) is 4.73. The lowest BCUT2D eigenvalue weighted by atomic mass is 10.2. The number of esters is 1. The number of fused-ring (bicyclic) bond motifs is 2. The molecule has 0 aliphatic heterocycles. The number of hydrogen-bond donors (Lipinski definition) is 0. The predicted octanol–water partition coefficient (Wildman–Crippen LogP) is 5.03. The van der Waals surface area contributed by atoms with Gasteiger partial charge in [-0.15, -0.1) is 0 Å². The minimum atomic E-state index is -0.823. The Balaban J connectivity index is 1.62. The minimum absolute atomic E-state index is 0.224. The van der Waals surface area contributed by atoms with Gasteiger partial charge in [-0.25, -0.2) is 9.78 Å². The smallest absolute Gasteiger partial charge is 0.347 e. The largest absolute Gasteiger partial charge is 0.496 e. The topological polar surface area (TPSA) is 105 Å². The zero-order chi connectivity index (χ0) is 26.6. The van der Waals surface area contributed by atoms with Crippen LogP contribution in [0, 0.1) is 0 Å². The molecule has 9 nitrogen and oxygen atoms in total. The van der Waals surface area contributed by atoms with Crippen LogP contribution in [-0.4, -0.2) is 41.7 Å². The van der Waals surface area contributed by atoms with Crippen molar-refractivity contribution in [1.29, 1.82) is 0 Å². The average molecular weight is 512 g/mol. The summed E-state index contributed by atoms with van der Waals surface area (Å²) in [6.45, 7) is 3.60. The second-order valence-corrected chi connectivity index (χ2v) is 8.35. The van der Waals surface area contributed by atoms with Crippen LogP contribution < -0.4 is 15.0 Å². The monoisotopic (exact) mass is 511 g/mol. The van der Waals surface area contributed by atoms with Gasteiger partial charge in [0.15, 0.2) is 11.9 Å². The average Bonchev–Trinajstić information content (AvgIpc) is 3.38. The molecular formula is C29H25N3O6. The van der Waals surface area contributed by atoms with Crippen LogP contribution in [0.25, 0.3) is 33.5 Å². The first-order chi connectivity index (χ1) is 18.5. The van der Waals surface area contributed by atoms with Gasteiger partial charge in [0.2, 0.25) is 5.82 Å². The number of aromatic nitrogens is 2. The van der Waals surface area contributed by atoms with Gasteiger partial charge in [-0.05, 0) is 56.3 Å². The summed E-state index contributed by atoms with van der Waals surface area (Å²) in [4.78, 5) is 30.3. The van der Waals surface area contributed by atoms with E-state index in [0.717, 1.165) is 5.39 Å². The zero-order valence-corrected chi connectivity index (χ0v) is 21.1. The number of methoxy groups -OCH3 is 1. The molecule has 38 heavy (non-hydrogen) atoms. The molecule has 2 aromatic heterocycles. The first-order valence-corrected chi connectivity index (χ1v) is 12.1. The van der Waals surface area contributed by atoms with Gasteiger partial charge in [0.1, 0.15) is 17.1 Å². The highest BCUT2D eigenvalue weighted by molar-refractivity contribution is 5.89. The third-order valence-corrected chi connectivity index (χ3v) is 5.87. The van der Waals surface area contributed by atoms with Crippen LogP contribution in [0.4, 0.5) is 0 Å². The van der Waals surface area contributed by atoms with E-state index in [0.29, 0.717) is 39.3 Å². The van der Waals surface area contributed by atoms with Crippen molar-refractivity contribution in [3.8, 4) is 23.1 Å². The molecule has 0 amide bonds. The Kier molecular flexibility index (Phi) is 6.90. The van der Waals surface area contributed by atoms with Crippen molar-refractivity contribution in [3.63, 3.8) is 0 Å². The Bertz CT molecular complexity index is 1720. The summed E-state index contributed by atoms with van der Waals surface area (Å²) in [5, 5.41) is 5.64. The molecule has 1 atom stereocenters. The van der Waals surface area contributed by atoms with Crippen LogP contribution in [0.15, 0.2) is 87.1 Å². The maximum atomic E-state index is 13.6. The molecule has 0 saturated heterocycles. The number of hydrogen-bond acceptors (Lipinski definition) is 8. The van der Waals surface area contributed by atoms with Gasteiger partial charge < -0.3 is 18.6 Å². The van der Waals surface area contributed by atoms with E-state index < -0.39 is 12.1 Å². The highest BCUT2D eigenvalue weighted by Crippen LogP contribution is 2.33. The number of carbonyl (C=O) groups excluding carboxylic acids is 1. The molecule has 0 aliphatic rings. The lowest BCUT2D eigenvalue weighted by Crippen LogP contribution is -2.26. The number of ether oxygens (including phenoxy) is 3. The van der Waals surface area contributed by atoms with Gasteiger partial charge >= 0.3 is 5.97 Å². The number of para-hydroxylation sites is 2. The number of benzene rings is 3. The summed E-state index contributed by atoms with van der Waals surface area (Å²) >= 11 is 0. The van der Waals surface area contributed by atoms with Crippen molar-refractivity contribution in [2.45, 2.75) is 20.0 Å². The van der Waals surface area contributed by atoms with Gasteiger partial charge in [-0.1, -0.05) is 30.3 Å². The van der Waals surface area contributed by atoms with Crippen molar-refractivity contribution >= 4 is 34.1 Å². The van der Waals surface area contributed by atoms with Crippen molar-refractivity contribution in [1.82, 2.24) is 9.66 Å². The highest BCUT2D eigenvalue weighted by Gasteiger charge is 2.19. The second-order valence-electron chi connectivity index (χ2n) is 8.35. The van der Waals surface area contributed by atoms with Gasteiger partial charge in [-0.3, -0.25) is 4.79 Å². The molecule has 5 rings (SSSR count). The molecular weight excluding hydrogens is 486 g/mol. The van der Waals surface area contributed by atoms with Crippen molar-refractivity contribution in [2.24, 2.45) is 5.10 Å². The number of carbonyl (C=O) groups is 1. The van der Waals surface area contributed by atoms with Gasteiger partial charge in [-0.2, -0.15) is 9.78 Å². The molecule has 5 aromatic rings. The Labute approximate surface area is 217 Å². The summed E-state index contributed by atoms with van der Waals surface area (Å²) in [7, 11) is 1.58. The normalized spacial score (nSPS) is 12.2. The van der Waals surface area contributed by atoms with E-state index >= 15 is 0 Å². The molecule has 0 fully saturated rings. The summed E-state index contributed by atoms with van der Waals surface area (Å²) in [6, 6.07) is 21.3. The lowest BCUT2D eigenvalue weighted by Gasteiger charge is -2.15.